The highest BCUT2D eigenvalue weighted by Crippen LogP contribution is 2.44. The van der Waals surface area contributed by atoms with Crippen molar-refractivity contribution in [3.63, 3.8) is 0 Å². The van der Waals surface area contributed by atoms with Gasteiger partial charge in [-0.2, -0.15) is 18.3 Å². The summed E-state index contributed by atoms with van der Waals surface area (Å²) in [6, 6.07) is 17.3. The molecular formula is C28H22F3N5O4. The van der Waals surface area contributed by atoms with E-state index in [0.29, 0.717) is 23.1 Å². The van der Waals surface area contributed by atoms with Crippen LogP contribution in [0.2, 0.25) is 0 Å². The van der Waals surface area contributed by atoms with Gasteiger partial charge in [-0.15, -0.1) is 0 Å². The maximum Gasteiger partial charge on any atom is 0.416 e. The Labute approximate surface area is 226 Å². The number of carbonyl (C=O) groups is 2. The maximum absolute atomic E-state index is 14.0. The van der Waals surface area contributed by atoms with Gasteiger partial charge in [0.1, 0.15) is 11.9 Å². The van der Waals surface area contributed by atoms with Crippen molar-refractivity contribution in [2.24, 2.45) is 0 Å². The van der Waals surface area contributed by atoms with Crippen LogP contribution in [0.4, 0.5) is 24.7 Å². The molecule has 2 amide bonds. The zero-order valence-corrected chi connectivity index (χ0v) is 21.0. The van der Waals surface area contributed by atoms with Gasteiger partial charge >= 0.3 is 6.18 Å². The van der Waals surface area contributed by atoms with Crippen molar-refractivity contribution < 1.29 is 27.7 Å². The molecule has 0 saturated carbocycles. The lowest BCUT2D eigenvalue weighted by Crippen LogP contribution is -2.55. The van der Waals surface area contributed by atoms with Crippen molar-refractivity contribution in [1.82, 2.24) is 15.1 Å². The van der Waals surface area contributed by atoms with Crippen LogP contribution in [-0.2, 0) is 11.0 Å². The van der Waals surface area contributed by atoms with Crippen LogP contribution in [0.5, 0.6) is 0 Å². The van der Waals surface area contributed by atoms with E-state index in [1.54, 1.807) is 41.9 Å². The second-order valence-corrected chi connectivity index (χ2v) is 9.08. The summed E-state index contributed by atoms with van der Waals surface area (Å²) >= 11 is 0. The third kappa shape index (κ3) is 4.68. The normalized spacial score (nSPS) is 16.9. The molecule has 0 saturated heterocycles. The molecule has 1 aromatic heterocycles. The molecule has 9 nitrogen and oxygen atoms in total. The summed E-state index contributed by atoms with van der Waals surface area (Å²) in [5, 5.41) is 19.0. The predicted octanol–water partition coefficient (Wildman–Crippen LogP) is 5.10. The van der Waals surface area contributed by atoms with Crippen molar-refractivity contribution in [3.05, 3.63) is 117 Å². The number of benzene rings is 3. The summed E-state index contributed by atoms with van der Waals surface area (Å²) in [6.07, 6.45) is -3.19. The molecule has 2 heterocycles. The first-order chi connectivity index (χ1) is 19.1. The Balaban J connectivity index is 1.67. The minimum Gasteiger partial charge on any atom is -0.339 e. The van der Waals surface area contributed by atoms with E-state index in [1.807, 2.05) is 6.07 Å². The number of halogens is 3. The lowest BCUT2D eigenvalue weighted by Gasteiger charge is -2.38. The third-order valence-corrected chi connectivity index (χ3v) is 6.75. The van der Waals surface area contributed by atoms with Crippen molar-refractivity contribution in [1.29, 1.82) is 0 Å². The summed E-state index contributed by atoms with van der Waals surface area (Å²) in [5.74, 6) is -2.19. The van der Waals surface area contributed by atoms with Crippen LogP contribution in [0.3, 0.4) is 0 Å². The number of nitrogens with one attached hydrogen (secondary N) is 1. The van der Waals surface area contributed by atoms with Crippen LogP contribution in [0.25, 0.3) is 5.69 Å². The first-order valence-electron chi connectivity index (χ1n) is 12.3. The first-order valence-corrected chi connectivity index (χ1v) is 12.3. The van der Waals surface area contributed by atoms with Crippen LogP contribution in [-0.4, -0.2) is 39.1 Å². The van der Waals surface area contributed by atoms with Gasteiger partial charge in [0.2, 0.25) is 0 Å². The molecule has 1 aliphatic rings. The third-order valence-electron chi connectivity index (χ3n) is 6.75. The van der Waals surface area contributed by atoms with E-state index in [-0.39, 0.29) is 23.4 Å². The topological polar surface area (TPSA) is 110 Å². The van der Waals surface area contributed by atoms with Gasteiger partial charge in [-0.3, -0.25) is 24.6 Å². The van der Waals surface area contributed by atoms with E-state index in [0.717, 1.165) is 12.1 Å². The molecule has 0 fully saturated rings. The Kier molecular flexibility index (Phi) is 6.84. The number of rotatable bonds is 6. The molecule has 1 N–H and O–H groups in total. The number of likely N-dealkylation sites (N-methyl/N-ethyl adjacent to an activating group) is 1. The van der Waals surface area contributed by atoms with Gasteiger partial charge < -0.3 is 5.32 Å². The number of amides is 2. The van der Waals surface area contributed by atoms with Gasteiger partial charge in [0, 0.05) is 29.3 Å². The van der Waals surface area contributed by atoms with Gasteiger partial charge in [-0.1, -0.05) is 42.5 Å². The Morgan fingerprint density at radius 1 is 1.02 bits per heavy atom. The number of hydrogen-bond donors (Lipinski definition) is 1. The highest BCUT2D eigenvalue weighted by Gasteiger charge is 2.46. The molecule has 5 rings (SSSR count). The Bertz CT molecular complexity index is 1600. The van der Waals surface area contributed by atoms with Crippen molar-refractivity contribution in [3.8, 4) is 5.69 Å². The number of para-hydroxylation sites is 2. The number of aromatic nitrogens is 2. The van der Waals surface area contributed by atoms with Gasteiger partial charge in [0.25, 0.3) is 17.5 Å². The first kappa shape index (κ1) is 26.6. The zero-order chi connectivity index (χ0) is 28.6. The van der Waals surface area contributed by atoms with E-state index >= 15 is 0 Å². The largest absolute Gasteiger partial charge is 0.416 e. The average Bonchev–Trinajstić information content (AvgIpc) is 3.38. The highest BCUT2D eigenvalue weighted by atomic mass is 19.4. The minimum atomic E-state index is -4.68. The monoisotopic (exact) mass is 549 g/mol. The molecule has 12 heteroatoms. The predicted molar refractivity (Wildman–Crippen MR) is 139 cm³/mol. The second kappa shape index (κ2) is 10.3. The number of nitrogens with zero attached hydrogens (tertiary/aromatic N) is 4. The van der Waals surface area contributed by atoms with E-state index in [1.165, 1.54) is 35.4 Å². The minimum absolute atomic E-state index is 0.153. The van der Waals surface area contributed by atoms with Crippen molar-refractivity contribution >= 4 is 23.3 Å². The lowest BCUT2D eigenvalue weighted by atomic mass is 9.81. The van der Waals surface area contributed by atoms with E-state index in [2.05, 4.69) is 10.4 Å². The molecular weight excluding hydrogens is 527 g/mol. The SMILES string of the molecule is CCN1C(=O)[C@@H](NC(=O)c2cccc(C(F)(F)F)c2)[C@H](c2ccccc2[N+](=O)[O-])c2cnn(-c3ccccc3)c21. The van der Waals surface area contributed by atoms with Crippen LogP contribution in [0.1, 0.15) is 39.9 Å². The van der Waals surface area contributed by atoms with Gasteiger partial charge in [-0.05, 0) is 37.3 Å². The number of nitro groups is 1. The fraction of sp³-hybridized carbons (Fsp3) is 0.179. The number of nitro benzene ring substituents is 1. The summed E-state index contributed by atoms with van der Waals surface area (Å²) < 4.78 is 41.4. The van der Waals surface area contributed by atoms with E-state index in [4.69, 9.17) is 0 Å². The molecule has 0 radical (unpaired) electrons. The summed E-state index contributed by atoms with van der Waals surface area (Å²) in [5.41, 5.74) is -0.372. The molecule has 3 aromatic carbocycles. The Morgan fingerprint density at radius 3 is 2.40 bits per heavy atom. The summed E-state index contributed by atoms with van der Waals surface area (Å²) in [4.78, 5) is 40.0. The summed E-state index contributed by atoms with van der Waals surface area (Å²) in [7, 11) is 0. The molecule has 2 atom stereocenters. The molecule has 204 valence electrons. The second-order valence-electron chi connectivity index (χ2n) is 9.08. The van der Waals surface area contributed by atoms with Gasteiger partial charge in [0.15, 0.2) is 0 Å². The molecule has 0 bridgehead atoms. The van der Waals surface area contributed by atoms with Crippen molar-refractivity contribution in [2.75, 3.05) is 11.4 Å². The van der Waals surface area contributed by atoms with Crippen molar-refractivity contribution in [2.45, 2.75) is 25.1 Å². The molecule has 0 unspecified atom stereocenters. The standard InChI is InChI=1S/C28H22F3N5O4/c1-2-34-26-21(16-32-35(26)19-11-4-3-5-12-19)23(20-13-6-7-14-22(20)36(39)40)24(27(34)38)33-25(37)17-9-8-10-18(15-17)28(29,30)31/h3-16,23-24H,2H2,1H3,(H,33,37)/t23-,24+/m1/s1. The molecule has 0 spiro atoms. The lowest BCUT2D eigenvalue weighted by molar-refractivity contribution is -0.385. The van der Waals surface area contributed by atoms with E-state index in [9.17, 15) is 32.9 Å². The van der Waals surface area contributed by atoms with Crippen LogP contribution in [0, 0.1) is 10.1 Å². The number of alkyl halides is 3. The molecule has 0 aliphatic carbocycles. The van der Waals surface area contributed by atoms with Crippen LogP contribution in [0.15, 0.2) is 85.1 Å². The molecule has 1 aliphatic heterocycles. The number of carbonyl (C=O) groups excluding carboxylic acids is 2. The Morgan fingerprint density at radius 2 is 1.73 bits per heavy atom. The molecule has 4 aromatic rings. The number of anilines is 1. The van der Waals surface area contributed by atoms with Gasteiger partial charge in [-0.25, -0.2) is 4.68 Å². The van der Waals surface area contributed by atoms with Crippen LogP contribution < -0.4 is 10.2 Å². The smallest absolute Gasteiger partial charge is 0.339 e. The van der Waals surface area contributed by atoms with E-state index < -0.39 is 40.4 Å². The van der Waals surface area contributed by atoms with Crippen LogP contribution >= 0.6 is 0 Å². The number of hydrogen-bond acceptors (Lipinski definition) is 5. The van der Waals surface area contributed by atoms with Gasteiger partial charge in [0.05, 0.1) is 28.3 Å². The zero-order valence-electron chi connectivity index (χ0n) is 21.0. The summed E-state index contributed by atoms with van der Waals surface area (Å²) in [6.45, 7) is 1.89. The maximum atomic E-state index is 14.0. The fourth-order valence-corrected chi connectivity index (χ4v) is 4.97. The average molecular weight is 550 g/mol. The highest BCUT2D eigenvalue weighted by molar-refractivity contribution is 6.05. The molecule has 40 heavy (non-hydrogen) atoms. The number of fused-ring (bicyclic) bond motifs is 1. The quantitative estimate of drug-likeness (QED) is 0.266. The fourth-order valence-electron chi connectivity index (χ4n) is 4.97. The Hall–Kier alpha value is -5.00.